The Balaban J connectivity index is 1.62. The molecule has 6 heteroatoms. The molecule has 142 valence electrons. The Hall–Kier alpha value is -2.89. The molecule has 1 atom stereocenters. The minimum Gasteiger partial charge on any atom is -0.467 e. The summed E-state index contributed by atoms with van der Waals surface area (Å²) < 4.78 is 4.63. The number of ether oxygens (including phenoxy) is 1. The molecule has 1 fully saturated rings. The largest absolute Gasteiger partial charge is 0.467 e. The van der Waals surface area contributed by atoms with Crippen molar-refractivity contribution in [2.45, 2.75) is 25.8 Å². The lowest BCUT2D eigenvalue weighted by atomic mass is 9.94. The second-order valence-electron chi connectivity index (χ2n) is 6.85. The van der Waals surface area contributed by atoms with Gasteiger partial charge in [0, 0.05) is 24.6 Å². The minimum absolute atomic E-state index is 0.00594. The predicted molar refractivity (Wildman–Crippen MR) is 102 cm³/mol. The zero-order chi connectivity index (χ0) is 19.4. The maximum atomic E-state index is 13.0. The first kappa shape index (κ1) is 18.9. The van der Waals surface area contributed by atoms with Crippen LogP contribution >= 0.6 is 0 Å². The molecule has 6 nitrogen and oxygen atoms in total. The van der Waals surface area contributed by atoms with Crippen LogP contribution in [0.3, 0.4) is 0 Å². The fourth-order valence-electron chi connectivity index (χ4n) is 3.49. The molecule has 2 aromatic rings. The molecular weight excluding hydrogens is 344 g/mol. The quantitative estimate of drug-likeness (QED) is 0.841. The summed E-state index contributed by atoms with van der Waals surface area (Å²) in [5, 5.41) is 4.66. The summed E-state index contributed by atoms with van der Waals surface area (Å²) >= 11 is 0. The van der Waals surface area contributed by atoms with Gasteiger partial charge in [-0.05, 0) is 36.6 Å². The average Bonchev–Trinajstić information content (AvgIpc) is 2.72. The van der Waals surface area contributed by atoms with Crippen LogP contribution in [0.2, 0.25) is 0 Å². The maximum Gasteiger partial charge on any atom is 0.328 e. The lowest BCUT2D eigenvalue weighted by Gasteiger charge is -2.32. The first-order valence-electron chi connectivity index (χ1n) is 9.16. The molecule has 3 rings (SSSR count). The summed E-state index contributed by atoms with van der Waals surface area (Å²) in [6.07, 6.45) is 1.16. The number of methoxy groups -OCH3 is 1. The number of benzene rings is 2. The Morgan fingerprint density at radius 1 is 1.07 bits per heavy atom. The third-order valence-electron chi connectivity index (χ3n) is 5.09. The number of piperidine rings is 1. The van der Waals surface area contributed by atoms with E-state index in [2.05, 4.69) is 10.1 Å². The number of hydrogen-bond donors (Lipinski definition) is 1. The summed E-state index contributed by atoms with van der Waals surface area (Å²) in [7, 11) is 1.29. The molecule has 2 aromatic carbocycles. The van der Waals surface area contributed by atoms with Gasteiger partial charge in [0.05, 0.1) is 7.11 Å². The number of fused-ring (bicyclic) bond motifs is 1. The van der Waals surface area contributed by atoms with Crippen molar-refractivity contribution in [1.82, 2.24) is 10.2 Å². The van der Waals surface area contributed by atoms with Crippen LogP contribution in [0.5, 0.6) is 0 Å². The van der Waals surface area contributed by atoms with Gasteiger partial charge in [-0.15, -0.1) is 0 Å². The lowest BCUT2D eigenvalue weighted by molar-refractivity contribution is -0.145. The molecule has 0 aromatic heterocycles. The van der Waals surface area contributed by atoms with Crippen molar-refractivity contribution in [2.24, 2.45) is 5.92 Å². The van der Waals surface area contributed by atoms with Gasteiger partial charge in [-0.2, -0.15) is 0 Å². The highest BCUT2D eigenvalue weighted by Gasteiger charge is 2.29. The first-order valence-corrected chi connectivity index (χ1v) is 9.16. The zero-order valence-corrected chi connectivity index (χ0v) is 15.6. The van der Waals surface area contributed by atoms with E-state index in [0.717, 1.165) is 10.8 Å². The SMILES string of the molecule is COC(=O)[C@@H](C)NC(=O)C1CCN(C(=O)c2cccc3ccccc23)CC1. The summed E-state index contributed by atoms with van der Waals surface area (Å²) in [5.41, 5.74) is 0.690. The molecular formula is C21H24N2O4. The molecule has 1 aliphatic rings. The second kappa shape index (κ2) is 8.20. The number of carbonyl (C=O) groups is 3. The Labute approximate surface area is 158 Å². The van der Waals surface area contributed by atoms with Crippen molar-refractivity contribution in [3.8, 4) is 0 Å². The summed E-state index contributed by atoms with van der Waals surface area (Å²) in [6, 6.07) is 12.9. The fourth-order valence-corrected chi connectivity index (χ4v) is 3.49. The van der Waals surface area contributed by atoms with Crippen molar-refractivity contribution >= 4 is 28.6 Å². The van der Waals surface area contributed by atoms with Crippen molar-refractivity contribution in [1.29, 1.82) is 0 Å². The fraction of sp³-hybridized carbons (Fsp3) is 0.381. The number of carbonyl (C=O) groups excluding carboxylic acids is 3. The van der Waals surface area contributed by atoms with Crippen LogP contribution in [0.4, 0.5) is 0 Å². The number of nitrogens with one attached hydrogen (secondary N) is 1. The highest BCUT2D eigenvalue weighted by atomic mass is 16.5. The third kappa shape index (κ3) is 4.10. The van der Waals surface area contributed by atoms with Crippen LogP contribution in [-0.4, -0.2) is 48.9 Å². The number of amides is 2. The molecule has 0 radical (unpaired) electrons. The van der Waals surface area contributed by atoms with Crippen molar-refractivity contribution in [2.75, 3.05) is 20.2 Å². The van der Waals surface area contributed by atoms with Crippen LogP contribution in [0, 0.1) is 5.92 Å². The molecule has 27 heavy (non-hydrogen) atoms. The standard InChI is InChI=1S/C21H24N2O4/c1-14(21(26)27-2)22-19(24)16-10-12-23(13-11-16)20(25)18-9-5-7-15-6-3-4-8-17(15)18/h3-9,14,16H,10-13H2,1-2H3,(H,22,24)/t14-/m1/s1. The van der Waals surface area contributed by atoms with Crippen LogP contribution in [-0.2, 0) is 14.3 Å². The summed E-state index contributed by atoms with van der Waals surface area (Å²) in [4.78, 5) is 38.5. The highest BCUT2D eigenvalue weighted by molar-refractivity contribution is 6.07. The molecule has 0 unspecified atom stereocenters. The Bertz CT molecular complexity index is 851. The normalized spacial score (nSPS) is 16.0. The Morgan fingerprint density at radius 2 is 1.74 bits per heavy atom. The van der Waals surface area contributed by atoms with Gasteiger partial charge in [0.25, 0.3) is 5.91 Å². The number of hydrogen-bond acceptors (Lipinski definition) is 4. The molecule has 1 N–H and O–H groups in total. The molecule has 1 heterocycles. The van der Waals surface area contributed by atoms with Crippen molar-refractivity contribution < 1.29 is 19.1 Å². The molecule has 0 aliphatic carbocycles. The smallest absolute Gasteiger partial charge is 0.328 e. The van der Waals surface area contributed by atoms with E-state index in [-0.39, 0.29) is 17.7 Å². The number of nitrogens with zero attached hydrogens (tertiary/aromatic N) is 1. The monoisotopic (exact) mass is 368 g/mol. The van der Waals surface area contributed by atoms with E-state index in [1.165, 1.54) is 7.11 Å². The van der Waals surface area contributed by atoms with Gasteiger partial charge in [-0.3, -0.25) is 9.59 Å². The van der Waals surface area contributed by atoms with Gasteiger partial charge in [0.1, 0.15) is 6.04 Å². The van der Waals surface area contributed by atoms with E-state index in [1.54, 1.807) is 11.8 Å². The minimum atomic E-state index is -0.669. The van der Waals surface area contributed by atoms with E-state index in [9.17, 15) is 14.4 Å². The van der Waals surface area contributed by atoms with E-state index in [0.29, 0.717) is 31.5 Å². The molecule has 1 saturated heterocycles. The van der Waals surface area contributed by atoms with Gasteiger partial charge < -0.3 is 15.0 Å². The summed E-state index contributed by atoms with van der Waals surface area (Å²) in [5.74, 6) is -0.834. The van der Waals surface area contributed by atoms with E-state index in [1.807, 2.05) is 42.5 Å². The van der Waals surface area contributed by atoms with Gasteiger partial charge in [-0.1, -0.05) is 36.4 Å². The number of esters is 1. The van der Waals surface area contributed by atoms with E-state index in [4.69, 9.17) is 0 Å². The molecule has 2 amide bonds. The maximum absolute atomic E-state index is 13.0. The molecule has 0 saturated carbocycles. The highest BCUT2D eigenvalue weighted by Crippen LogP contribution is 2.23. The van der Waals surface area contributed by atoms with Gasteiger partial charge in [0.15, 0.2) is 0 Å². The molecule has 1 aliphatic heterocycles. The van der Waals surface area contributed by atoms with Gasteiger partial charge in [-0.25, -0.2) is 4.79 Å². The van der Waals surface area contributed by atoms with Crippen molar-refractivity contribution in [3.63, 3.8) is 0 Å². The van der Waals surface area contributed by atoms with Crippen LogP contribution in [0.1, 0.15) is 30.1 Å². The van der Waals surface area contributed by atoms with Crippen LogP contribution in [0.15, 0.2) is 42.5 Å². The van der Waals surface area contributed by atoms with Gasteiger partial charge in [0.2, 0.25) is 5.91 Å². The van der Waals surface area contributed by atoms with E-state index >= 15 is 0 Å². The zero-order valence-electron chi connectivity index (χ0n) is 15.6. The van der Waals surface area contributed by atoms with Crippen molar-refractivity contribution in [3.05, 3.63) is 48.0 Å². The van der Waals surface area contributed by atoms with E-state index < -0.39 is 12.0 Å². The molecule has 0 spiro atoms. The van der Waals surface area contributed by atoms with Gasteiger partial charge >= 0.3 is 5.97 Å². The summed E-state index contributed by atoms with van der Waals surface area (Å²) in [6.45, 7) is 2.64. The topological polar surface area (TPSA) is 75.7 Å². The van der Waals surface area contributed by atoms with Crippen LogP contribution in [0.25, 0.3) is 10.8 Å². The van der Waals surface area contributed by atoms with Crippen LogP contribution < -0.4 is 5.32 Å². The first-order chi connectivity index (χ1) is 13.0. The molecule has 0 bridgehead atoms. The lowest BCUT2D eigenvalue weighted by Crippen LogP contribution is -2.46. The predicted octanol–water partition coefficient (Wildman–Crippen LogP) is 2.37. The Morgan fingerprint density at radius 3 is 2.44 bits per heavy atom. The average molecular weight is 368 g/mol. The number of rotatable bonds is 4. The Kier molecular flexibility index (Phi) is 5.74. The number of likely N-dealkylation sites (tertiary alicyclic amines) is 1. The third-order valence-corrected chi connectivity index (χ3v) is 5.09. The second-order valence-corrected chi connectivity index (χ2v) is 6.85.